The van der Waals surface area contributed by atoms with Crippen molar-refractivity contribution in [2.45, 2.75) is 11.4 Å². The van der Waals surface area contributed by atoms with Gasteiger partial charge >= 0.3 is 63.0 Å². The number of carboxylic acid groups (broad SMARTS) is 1. The minimum atomic E-state index is -0.885. The van der Waals surface area contributed by atoms with Gasteiger partial charge in [-0.1, -0.05) is 0 Å². The molecule has 0 spiro atoms. The Morgan fingerprint density at radius 1 is 2.00 bits per heavy atom. The number of rotatable bonds is 3. The zero-order chi connectivity index (χ0) is 6.57. The first-order valence-electron chi connectivity index (χ1n) is 1.88. The Morgan fingerprint density at radius 2 is 2.50 bits per heavy atom. The van der Waals surface area contributed by atoms with E-state index in [9.17, 15) is 4.79 Å². The topological polar surface area (TPSA) is 49.7 Å². The van der Waals surface area contributed by atoms with Crippen LogP contribution in [-0.2, 0) is 4.79 Å². The molecule has 3 nitrogen and oxygen atoms in total. The zero-order valence-electron chi connectivity index (χ0n) is 3.94. The van der Waals surface area contributed by atoms with Crippen LogP contribution < -0.4 is 0 Å². The first-order chi connectivity index (χ1) is 3.72. The molecule has 0 aromatic heterocycles. The van der Waals surface area contributed by atoms with Gasteiger partial charge in [-0.2, -0.15) is 0 Å². The van der Waals surface area contributed by atoms with Crippen molar-refractivity contribution in [3.8, 4) is 0 Å². The van der Waals surface area contributed by atoms with Gasteiger partial charge in [0.15, 0.2) is 0 Å². The number of hydrogen-bond donors (Lipinski definition) is 1. The second-order valence-corrected chi connectivity index (χ2v) is 2.35. The van der Waals surface area contributed by atoms with E-state index >= 15 is 0 Å². The average Bonchev–Trinajstić information content (AvgIpc) is 1.69. The molecule has 1 N–H and O–H groups in total. The van der Waals surface area contributed by atoms with Crippen LogP contribution in [0.4, 0.5) is 0 Å². The van der Waals surface area contributed by atoms with E-state index < -0.39 is 12.0 Å². The van der Waals surface area contributed by atoms with Crippen LogP contribution in [0.2, 0.25) is 5.32 Å². The molecule has 0 saturated carbocycles. The van der Waals surface area contributed by atoms with Crippen molar-refractivity contribution in [1.82, 2.24) is 0 Å². The summed E-state index contributed by atoms with van der Waals surface area (Å²) >= 11 is 4.49. The molecule has 0 aromatic carbocycles. The predicted molar refractivity (Wildman–Crippen MR) is 31.6 cm³/mol. The molecule has 0 aliphatic rings. The number of carbonyl (C=O) groups is 1. The molecule has 0 rings (SSSR count). The van der Waals surface area contributed by atoms with Gasteiger partial charge < -0.3 is 0 Å². The fourth-order valence-corrected chi connectivity index (χ4v) is 1.54. The SMILES string of the molecule is O=C(O)C(C[SeH])N=[Se]. The van der Waals surface area contributed by atoms with Crippen LogP contribution in [-0.4, -0.2) is 48.9 Å². The molecule has 0 radical (unpaired) electrons. The van der Waals surface area contributed by atoms with Gasteiger partial charge in [0.2, 0.25) is 0 Å². The second kappa shape index (κ2) is 4.21. The zero-order valence-corrected chi connectivity index (χ0v) is 7.53. The maximum absolute atomic E-state index is 10.0. The van der Waals surface area contributed by atoms with Crippen LogP contribution in [0.15, 0.2) is 3.96 Å². The molecule has 1 unspecified atom stereocenters. The van der Waals surface area contributed by atoms with E-state index in [0.29, 0.717) is 5.32 Å². The van der Waals surface area contributed by atoms with Crippen molar-refractivity contribution in [2.24, 2.45) is 3.96 Å². The Bertz CT molecular complexity index is 105. The molecule has 0 amide bonds. The summed E-state index contributed by atoms with van der Waals surface area (Å²) in [7, 11) is 0. The van der Waals surface area contributed by atoms with Crippen molar-refractivity contribution in [3.63, 3.8) is 0 Å². The van der Waals surface area contributed by atoms with Crippen molar-refractivity contribution in [3.05, 3.63) is 0 Å². The quantitative estimate of drug-likeness (QED) is 0.656. The molecule has 0 aromatic rings. The van der Waals surface area contributed by atoms with Crippen LogP contribution in [0.5, 0.6) is 0 Å². The third-order valence-electron chi connectivity index (χ3n) is 0.585. The molecular formula is C3H5NO2Se2. The molecule has 1 atom stereocenters. The molecule has 0 fully saturated rings. The molecule has 5 heteroatoms. The molecule has 46 valence electrons. The van der Waals surface area contributed by atoms with Crippen molar-refractivity contribution in [1.29, 1.82) is 0 Å². The van der Waals surface area contributed by atoms with E-state index in [2.05, 4.69) is 35.8 Å². The minimum absolute atomic E-state index is 0.481. The standard InChI is InChI=1S/C3H5NO2Se2/c5-3(6)2(1-7)4-8/h2,7H,1H2,(H,5,6). The predicted octanol–water partition coefficient (Wildman–Crippen LogP) is -0.889. The first kappa shape index (κ1) is 8.31. The van der Waals surface area contributed by atoms with Crippen molar-refractivity contribution >= 4 is 37.8 Å². The number of hydrogen-bond acceptors (Lipinski definition) is 2. The van der Waals surface area contributed by atoms with Gasteiger partial charge in [-0.3, -0.25) is 0 Å². The average molecular weight is 245 g/mol. The summed E-state index contributed by atoms with van der Waals surface area (Å²) in [4.78, 5) is 10.0. The first-order valence-corrected chi connectivity index (χ1v) is 3.97. The van der Waals surface area contributed by atoms with Gasteiger partial charge in [-0.25, -0.2) is 0 Å². The van der Waals surface area contributed by atoms with E-state index in [0.717, 1.165) is 0 Å². The third-order valence-corrected chi connectivity index (χ3v) is 1.84. The van der Waals surface area contributed by atoms with Gasteiger partial charge in [-0.05, 0) is 0 Å². The van der Waals surface area contributed by atoms with Crippen LogP contribution in [0.25, 0.3) is 0 Å². The molecular weight excluding hydrogens is 240 g/mol. The van der Waals surface area contributed by atoms with E-state index in [4.69, 9.17) is 5.11 Å². The summed E-state index contributed by atoms with van der Waals surface area (Å²) in [5, 5.41) is 8.73. The van der Waals surface area contributed by atoms with E-state index in [1.807, 2.05) is 0 Å². The maximum atomic E-state index is 10.0. The van der Waals surface area contributed by atoms with Crippen LogP contribution in [0.1, 0.15) is 0 Å². The molecule has 0 aliphatic carbocycles. The van der Waals surface area contributed by atoms with Crippen LogP contribution in [0.3, 0.4) is 0 Å². The Balaban J connectivity index is 3.69. The monoisotopic (exact) mass is 247 g/mol. The van der Waals surface area contributed by atoms with Crippen LogP contribution >= 0.6 is 0 Å². The van der Waals surface area contributed by atoms with Gasteiger partial charge in [0.05, 0.1) is 0 Å². The van der Waals surface area contributed by atoms with Crippen LogP contribution in [0, 0.1) is 0 Å². The summed E-state index contributed by atoms with van der Waals surface area (Å²) in [5.41, 5.74) is 0. The Morgan fingerprint density at radius 3 is 2.50 bits per heavy atom. The molecule has 0 heterocycles. The summed E-state index contributed by atoms with van der Waals surface area (Å²) in [6, 6.07) is -0.588. The van der Waals surface area contributed by atoms with Crippen molar-refractivity contribution < 1.29 is 9.90 Å². The fraction of sp³-hybridized carbons (Fsp3) is 0.667. The Hall–Kier alpha value is 0.309. The van der Waals surface area contributed by atoms with E-state index in [1.165, 1.54) is 0 Å². The summed E-state index contributed by atoms with van der Waals surface area (Å²) < 4.78 is 3.47. The molecule has 0 bridgehead atoms. The Kier molecular flexibility index (Phi) is 4.38. The third kappa shape index (κ3) is 2.58. The van der Waals surface area contributed by atoms with E-state index in [-0.39, 0.29) is 0 Å². The van der Waals surface area contributed by atoms with Gasteiger partial charge in [0.25, 0.3) is 0 Å². The second-order valence-electron chi connectivity index (χ2n) is 1.14. The van der Waals surface area contributed by atoms with Crippen molar-refractivity contribution in [2.75, 3.05) is 0 Å². The normalized spacial score (nSPS) is 12.6. The van der Waals surface area contributed by atoms with Gasteiger partial charge in [0.1, 0.15) is 0 Å². The number of carboxylic acids is 1. The fourth-order valence-electron chi connectivity index (χ4n) is 0.157. The molecule has 0 aliphatic heterocycles. The van der Waals surface area contributed by atoms with Gasteiger partial charge in [0, 0.05) is 0 Å². The number of nitrogens with zero attached hydrogens (tertiary/aromatic N) is 1. The van der Waals surface area contributed by atoms with Gasteiger partial charge in [-0.15, -0.1) is 0 Å². The molecule has 0 saturated heterocycles. The summed E-state index contributed by atoms with van der Waals surface area (Å²) in [6.07, 6.45) is 0. The molecule has 8 heavy (non-hydrogen) atoms. The summed E-state index contributed by atoms with van der Waals surface area (Å²) in [5.74, 6) is -0.885. The Labute approximate surface area is 63.3 Å². The van der Waals surface area contributed by atoms with E-state index in [1.54, 1.807) is 0 Å². The number of aliphatic carboxylic acids is 1. The summed E-state index contributed by atoms with van der Waals surface area (Å²) in [6.45, 7) is 0.